The van der Waals surface area contributed by atoms with E-state index in [9.17, 15) is 9.90 Å². The third-order valence-electron chi connectivity index (χ3n) is 3.77. The van der Waals surface area contributed by atoms with Gasteiger partial charge in [-0.05, 0) is 31.4 Å². The third kappa shape index (κ3) is 4.44. The predicted molar refractivity (Wildman–Crippen MR) is 82.5 cm³/mol. The molecule has 1 aromatic carbocycles. The molecule has 1 heterocycles. The van der Waals surface area contributed by atoms with E-state index in [1.807, 2.05) is 38.1 Å². The van der Waals surface area contributed by atoms with E-state index in [0.717, 1.165) is 19.5 Å². The molecular weight excluding hydrogens is 268 g/mol. The highest BCUT2D eigenvalue weighted by Crippen LogP contribution is 2.23. The molecule has 2 rings (SSSR count). The average Bonchev–Trinajstić information content (AvgIpc) is 2.45. The maximum absolute atomic E-state index is 12.2. The lowest BCUT2D eigenvalue weighted by molar-refractivity contribution is -0.118. The van der Waals surface area contributed by atoms with Crippen LogP contribution in [0.4, 0.5) is 5.69 Å². The standard InChI is InChI=1S/C16H24N2O3/c1-3-21-15-7-5-4-6-13(15)17-16(20)11-18-9-8-14(19)12(2)10-18/h4-7,12,14,19H,3,8-11H2,1-2H3,(H,17,20). The van der Waals surface area contributed by atoms with E-state index < -0.39 is 0 Å². The van der Waals surface area contributed by atoms with E-state index in [2.05, 4.69) is 10.2 Å². The molecule has 1 aromatic rings. The quantitative estimate of drug-likeness (QED) is 0.867. The first-order valence-corrected chi connectivity index (χ1v) is 7.52. The average molecular weight is 292 g/mol. The van der Waals surface area contributed by atoms with Crippen molar-refractivity contribution >= 4 is 11.6 Å². The molecule has 5 heteroatoms. The summed E-state index contributed by atoms with van der Waals surface area (Å²) in [5, 5.41) is 12.6. The van der Waals surface area contributed by atoms with Crippen LogP contribution in [0.25, 0.3) is 0 Å². The van der Waals surface area contributed by atoms with Gasteiger partial charge in [-0.15, -0.1) is 0 Å². The molecule has 1 aliphatic rings. The number of piperidine rings is 1. The first-order valence-electron chi connectivity index (χ1n) is 7.52. The molecule has 0 spiro atoms. The number of carbonyl (C=O) groups excluding carboxylic acids is 1. The first kappa shape index (κ1) is 15.8. The highest BCUT2D eigenvalue weighted by Gasteiger charge is 2.25. The van der Waals surface area contributed by atoms with Crippen molar-refractivity contribution in [1.82, 2.24) is 4.90 Å². The Morgan fingerprint density at radius 1 is 1.48 bits per heavy atom. The second kappa shape index (κ2) is 7.43. The van der Waals surface area contributed by atoms with Gasteiger partial charge in [0.1, 0.15) is 5.75 Å². The number of rotatable bonds is 5. The minimum Gasteiger partial charge on any atom is -0.492 e. The largest absolute Gasteiger partial charge is 0.492 e. The minimum absolute atomic E-state index is 0.0502. The van der Waals surface area contributed by atoms with Crippen molar-refractivity contribution in [2.45, 2.75) is 26.4 Å². The minimum atomic E-state index is -0.247. The maximum atomic E-state index is 12.2. The predicted octanol–water partition coefficient (Wildman–Crippen LogP) is 1.73. The van der Waals surface area contributed by atoms with Crippen molar-refractivity contribution in [3.8, 4) is 5.75 Å². The molecule has 0 bridgehead atoms. The molecule has 1 aliphatic heterocycles. The second-order valence-corrected chi connectivity index (χ2v) is 5.55. The molecule has 0 radical (unpaired) electrons. The number of ether oxygens (including phenoxy) is 1. The van der Waals surface area contributed by atoms with E-state index in [1.165, 1.54) is 0 Å². The summed E-state index contributed by atoms with van der Waals surface area (Å²) in [5.74, 6) is 0.851. The lowest BCUT2D eigenvalue weighted by Crippen LogP contribution is -2.45. The van der Waals surface area contributed by atoms with E-state index in [1.54, 1.807) is 0 Å². The highest BCUT2D eigenvalue weighted by atomic mass is 16.5. The summed E-state index contributed by atoms with van der Waals surface area (Å²) in [5.41, 5.74) is 0.703. The zero-order valence-corrected chi connectivity index (χ0v) is 12.7. The Labute approximate surface area is 125 Å². The summed E-state index contributed by atoms with van der Waals surface area (Å²) in [6, 6.07) is 7.44. The fraction of sp³-hybridized carbons (Fsp3) is 0.562. The molecule has 2 N–H and O–H groups in total. The van der Waals surface area contributed by atoms with Crippen molar-refractivity contribution < 1.29 is 14.6 Å². The number of aliphatic hydroxyl groups excluding tert-OH is 1. The number of hydrogen-bond acceptors (Lipinski definition) is 4. The van der Waals surface area contributed by atoms with Gasteiger partial charge in [0.25, 0.3) is 0 Å². The topological polar surface area (TPSA) is 61.8 Å². The molecule has 0 aromatic heterocycles. The number of nitrogens with zero attached hydrogens (tertiary/aromatic N) is 1. The van der Waals surface area contributed by atoms with E-state index in [-0.39, 0.29) is 17.9 Å². The Bertz CT molecular complexity index is 478. The van der Waals surface area contributed by atoms with Crippen LogP contribution in [0.1, 0.15) is 20.3 Å². The zero-order chi connectivity index (χ0) is 15.2. The SMILES string of the molecule is CCOc1ccccc1NC(=O)CN1CCC(O)C(C)C1. The van der Waals surface area contributed by atoms with Gasteiger partial charge in [-0.3, -0.25) is 9.69 Å². The second-order valence-electron chi connectivity index (χ2n) is 5.55. The smallest absolute Gasteiger partial charge is 0.238 e. The molecule has 1 amide bonds. The first-order chi connectivity index (χ1) is 10.1. The number of para-hydroxylation sites is 2. The van der Waals surface area contributed by atoms with Gasteiger partial charge < -0.3 is 15.2 Å². The van der Waals surface area contributed by atoms with Gasteiger partial charge in [-0.2, -0.15) is 0 Å². The number of benzene rings is 1. The van der Waals surface area contributed by atoms with Crippen LogP contribution in [0.15, 0.2) is 24.3 Å². The summed E-state index contributed by atoms with van der Waals surface area (Å²) in [6.07, 6.45) is 0.479. The van der Waals surface area contributed by atoms with Gasteiger partial charge in [0.15, 0.2) is 0 Å². The van der Waals surface area contributed by atoms with Crippen LogP contribution in [0.2, 0.25) is 0 Å². The molecule has 2 atom stereocenters. The Hall–Kier alpha value is -1.59. The maximum Gasteiger partial charge on any atom is 0.238 e. The summed E-state index contributed by atoms with van der Waals surface area (Å²) in [6.45, 7) is 6.35. The number of amides is 1. The van der Waals surface area contributed by atoms with Gasteiger partial charge in [-0.1, -0.05) is 19.1 Å². The van der Waals surface area contributed by atoms with Crippen molar-refractivity contribution in [1.29, 1.82) is 0 Å². The van der Waals surface area contributed by atoms with Crippen LogP contribution >= 0.6 is 0 Å². The number of carbonyl (C=O) groups is 1. The molecule has 0 aliphatic carbocycles. The summed E-state index contributed by atoms with van der Waals surface area (Å²) < 4.78 is 5.50. The van der Waals surface area contributed by atoms with Crippen molar-refractivity contribution in [3.63, 3.8) is 0 Å². The molecule has 2 unspecified atom stereocenters. The van der Waals surface area contributed by atoms with Crippen molar-refractivity contribution in [2.75, 3.05) is 31.6 Å². The summed E-state index contributed by atoms with van der Waals surface area (Å²) in [4.78, 5) is 14.2. The molecule has 0 saturated carbocycles. The van der Waals surface area contributed by atoms with Crippen LogP contribution in [-0.2, 0) is 4.79 Å². The molecule has 5 nitrogen and oxygen atoms in total. The van der Waals surface area contributed by atoms with Crippen LogP contribution in [0.3, 0.4) is 0 Å². The fourth-order valence-corrected chi connectivity index (χ4v) is 2.61. The molecular formula is C16H24N2O3. The third-order valence-corrected chi connectivity index (χ3v) is 3.77. The van der Waals surface area contributed by atoms with Crippen molar-refractivity contribution in [3.05, 3.63) is 24.3 Å². The Morgan fingerprint density at radius 2 is 2.24 bits per heavy atom. The van der Waals surface area contributed by atoms with E-state index >= 15 is 0 Å². The monoisotopic (exact) mass is 292 g/mol. The lowest BCUT2D eigenvalue weighted by Gasteiger charge is -2.33. The van der Waals surface area contributed by atoms with Crippen LogP contribution in [0.5, 0.6) is 5.75 Å². The summed E-state index contributed by atoms with van der Waals surface area (Å²) >= 11 is 0. The number of likely N-dealkylation sites (tertiary alicyclic amines) is 1. The number of nitrogens with one attached hydrogen (secondary N) is 1. The zero-order valence-electron chi connectivity index (χ0n) is 12.7. The lowest BCUT2D eigenvalue weighted by atomic mass is 9.97. The summed E-state index contributed by atoms with van der Waals surface area (Å²) in [7, 11) is 0. The van der Waals surface area contributed by atoms with Gasteiger partial charge in [0, 0.05) is 13.1 Å². The molecule has 1 saturated heterocycles. The van der Waals surface area contributed by atoms with Crippen LogP contribution in [-0.4, -0.2) is 48.3 Å². The number of anilines is 1. The highest BCUT2D eigenvalue weighted by molar-refractivity contribution is 5.93. The number of hydrogen-bond donors (Lipinski definition) is 2. The number of aliphatic hydroxyl groups is 1. The van der Waals surface area contributed by atoms with Gasteiger partial charge >= 0.3 is 0 Å². The van der Waals surface area contributed by atoms with E-state index in [4.69, 9.17) is 4.74 Å². The van der Waals surface area contributed by atoms with Crippen LogP contribution in [0, 0.1) is 5.92 Å². The van der Waals surface area contributed by atoms with Crippen LogP contribution < -0.4 is 10.1 Å². The Balaban J connectivity index is 1.90. The van der Waals surface area contributed by atoms with Gasteiger partial charge in [0.2, 0.25) is 5.91 Å². The van der Waals surface area contributed by atoms with Crippen molar-refractivity contribution in [2.24, 2.45) is 5.92 Å². The molecule has 21 heavy (non-hydrogen) atoms. The van der Waals surface area contributed by atoms with Gasteiger partial charge in [0.05, 0.1) is 24.9 Å². The Kier molecular flexibility index (Phi) is 5.59. The van der Waals surface area contributed by atoms with E-state index in [0.29, 0.717) is 24.6 Å². The van der Waals surface area contributed by atoms with Gasteiger partial charge in [-0.25, -0.2) is 0 Å². The fourth-order valence-electron chi connectivity index (χ4n) is 2.61. The Morgan fingerprint density at radius 3 is 2.95 bits per heavy atom. The normalized spacial score (nSPS) is 22.8. The molecule has 116 valence electrons. The molecule has 1 fully saturated rings.